The number of likely N-dealkylation sites (N-methyl/N-ethyl adjacent to an activating group) is 1. The molecule has 9 heteroatoms. The number of amides is 2. The summed E-state index contributed by atoms with van der Waals surface area (Å²) in [6, 6.07) is 25.0. The molecule has 220 valence electrons. The average Bonchev–Trinajstić information content (AvgIpc) is 3.65. The summed E-state index contributed by atoms with van der Waals surface area (Å²) >= 11 is 0. The molecule has 2 aromatic heterocycles. The maximum Gasteiger partial charge on any atom is 0.254 e. The molecule has 9 rings (SSSR count). The molecule has 9 nitrogen and oxygen atoms in total. The van der Waals surface area contributed by atoms with Gasteiger partial charge in [-0.2, -0.15) is 0 Å². The molecule has 0 radical (unpaired) electrons. The zero-order chi connectivity index (χ0) is 30.1. The van der Waals surface area contributed by atoms with Crippen molar-refractivity contribution < 1.29 is 24.2 Å². The Labute approximate surface area is 252 Å². The predicted molar refractivity (Wildman–Crippen MR) is 166 cm³/mol. The van der Waals surface area contributed by atoms with Gasteiger partial charge in [0.2, 0.25) is 0 Å². The molecule has 3 aliphatic rings. The molecule has 4 aromatic carbocycles. The Morgan fingerprint density at radius 1 is 0.977 bits per heavy atom. The van der Waals surface area contributed by atoms with Gasteiger partial charge >= 0.3 is 0 Å². The number of hydrogen-bond acceptors (Lipinski definition) is 5. The number of methoxy groups -OCH3 is 1. The third kappa shape index (κ3) is 2.99. The van der Waals surface area contributed by atoms with Crippen molar-refractivity contribution in [1.29, 1.82) is 0 Å². The molecule has 0 spiro atoms. The fourth-order valence-electron chi connectivity index (χ4n) is 8.37. The lowest BCUT2D eigenvalue weighted by Gasteiger charge is -2.50. The van der Waals surface area contributed by atoms with Crippen molar-refractivity contribution in [3.8, 4) is 0 Å². The van der Waals surface area contributed by atoms with E-state index in [2.05, 4.69) is 14.5 Å². The topological polar surface area (TPSA) is 98.0 Å². The largest absolute Gasteiger partial charge is 0.374 e. The van der Waals surface area contributed by atoms with Crippen LogP contribution in [0.2, 0.25) is 0 Å². The van der Waals surface area contributed by atoms with Gasteiger partial charge in [0.1, 0.15) is 12.3 Å². The highest BCUT2D eigenvalue weighted by Gasteiger charge is 2.55. The number of carbonyl (C=O) groups is 2. The van der Waals surface area contributed by atoms with Crippen LogP contribution in [0.5, 0.6) is 0 Å². The number of aromatic nitrogens is 2. The Hall–Kier alpha value is -4.70. The van der Waals surface area contributed by atoms with Gasteiger partial charge in [-0.05, 0) is 31.2 Å². The number of nitrogens with zero attached hydrogens (tertiary/aromatic N) is 3. The first-order chi connectivity index (χ1) is 21.3. The summed E-state index contributed by atoms with van der Waals surface area (Å²) in [5.74, 6) is -0.393. The minimum Gasteiger partial charge on any atom is -0.374 e. The van der Waals surface area contributed by atoms with Gasteiger partial charge in [0.25, 0.3) is 11.8 Å². The molecule has 3 aliphatic heterocycles. The van der Waals surface area contributed by atoms with E-state index in [0.717, 1.165) is 43.6 Å². The minimum absolute atomic E-state index is 0.0961. The van der Waals surface area contributed by atoms with Crippen molar-refractivity contribution in [2.45, 2.75) is 43.7 Å². The van der Waals surface area contributed by atoms with E-state index >= 15 is 0 Å². The summed E-state index contributed by atoms with van der Waals surface area (Å²) in [6.45, 7) is 2.03. The van der Waals surface area contributed by atoms with Gasteiger partial charge in [-0.15, -0.1) is 0 Å². The summed E-state index contributed by atoms with van der Waals surface area (Å²) in [5.41, 5.74) is 4.17. The number of nitrogens with one attached hydrogen (secondary N) is 1. The molecule has 6 aromatic rings. The minimum atomic E-state index is -1.15. The second-order valence-electron chi connectivity index (χ2n) is 12.2. The van der Waals surface area contributed by atoms with Crippen LogP contribution in [0.1, 0.15) is 52.1 Å². The number of aliphatic hydroxyl groups excluding tert-OH is 1. The van der Waals surface area contributed by atoms with Crippen molar-refractivity contribution in [3.63, 3.8) is 0 Å². The molecule has 2 N–H and O–H groups in total. The molecule has 0 aliphatic carbocycles. The van der Waals surface area contributed by atoms with Crippen molar-refractivity contribution in [3.05, 3.63) is 95.6 Å². The van der Waals surface area contributed by atoms with Gasteiger partial charge in [0.05, 0.1) is 33.7 Å². The zero-order valence-corrected chi connectivity index (χ0v) is 24.4. The summed E-state index contributed by atoms with van der Waals surface area (Å²) in [4.78, 5) is 29.3. The van der Waals surface area contributed by atoms with Crippen LogP contribution in [0.3, 0.4) is 0 Å². The highest BCUT2D eigenvalue weighted by Crippen LogP contribution is 2.55. The van der Waals surface area contributed by atoms with E-state index in [1.165, 1.54) is 0 Å². The number of para-hydroxylation sites is 2. The molecule has 2 amide bonds. The maximum atomic E-state index is 13.9. The highest BCUT2D eigenvalue weighted by molar-refractivity contribution is 6.31. The average molecular weight is 587 g/mol. The predicted octanol–water partition coefficient (Wildman–Crippen LogP) is 5.40. The number of hydrogen-bond donors (Lipinski definition) is 2. The number of ether oxygens (including phenoxy) is 2. The van der Waals surface area contributed by atoms with Gasteiger partial charge in [-0.25, -0.2) is 0 Å². The van der Waals surface area contributed by atoms with Crippen LogP contribution < -0.4 is 5.32 Å². The van der Waals surface area contributed by atoms with Gasteiger partial charge in [0.15, 0.2) is 12.0 Å². The summed E-state index contributed by atoms with van der Waals surface area (Å²) < 4.78 is 17.9. The van der Waals surface area contributed by atoms with Gasteiger partial charge in [-0.3, -0.25) is 9.59 Å². The third-order valence-electron chi connectivity index (χ3n) is 10.1. The van der Waals surface area contributed by atoms with Crippen LogP contribution in [-0.4, -0.2) is 57.3 Å². The lowest BCUT2D eigenvalue weighted by Crippen LogP contribution is -2.61. The zero-order valence-electron chi connectivity index (χ0n) is 24.4. The molecule has 2 bridgehead atoms. The molecular formula is C35H30N4O5. The number of aliphatic hydroxyl groups is 1. The summed E-state index contributed by atoms with van der Waals surface area (Å²) in [5, 5.41) is 17.5. The summed E-state index contributed by atoms with van der Waals surface area (Å²) in [7, 11) is 3.50. The molecule has 44 heavy (non-hydrogen) atoms. The Morgan fingerprint density at radius 2 is 1.64 bits per heavy atom. The van der Waals surface area contributed by atoms with Crippen LogP contribution in [-0.2, 0) is 15.2 Å². The second kappa shape index (κ2) is 8.69. The quantitative estimate of drug-likeness (QED) is 0.290. The molecule has 5 atom stereocenters. The van der Waals surface area contributed by atoms with Crippen molar-refractivity contribution in [2.75, 3.05) is 14.2 Å². The number of benzene rings is 4. The monoisotopic (exact) mass is 586 g/mol. The van der Waals surface area contributed by atoms with Crippen LogP contribution in [0.15, 0.2) is 78.9 Å². The smallest absolute Gasteiger partial charge is 0.254 e. The van der Waals surface area contributed by atoms with Crippen molar-refractivity contribution in [1.82, 2.24) is 19.4 Å². The van der Waals surface area contributed by atoms with Crippen molar-refractivity contribution in [2.24, 2.45) is 0 Å². The van der Waals surface area contributed by atoms with Crippen LogP contribution in [0.4, 0.5) is 0 Å². The van der Waals surface area contributed by atoms with Gasteiger partial charge in [-0.1, -0.05) is 54.6 Å². The SMILES string of the molecule is CO[C@@H]1[C@H](N(C)C(=O)c2ccccc2)C[C@H]2O[C@]1(C)n1c3ccccc3c3c4c(c5c6ccccc6n2c5c31)C(=O)NC4O. The van der Waals surface area contributed by atoms with Crippen molar-refractivity contribution >= 4 is 55.4 Å². The van der Waals surface area contributed by atoms with E-state index in [1.54, 1.807) is 12.0 Å². The fraction of sp³-hybridized carbons (Fsp3) is 0.257. The number of carbonyl (C=O) groups excluding carboxylic acids is 2. The summed E-state index contributed by atoms with van der Waals surface area (Å²) in [6.07, 6.45) is -1.73. The Kier molecular flexibility index (Phi) is 5.09. The first-order valence-electron chi connectivity index (χ1n) is 14.9. The standard InChI is InChI=1S/C35H30N4O5/c1-35-31(43-3)23(37(2)34(42)18-11-5-4-6-12-18)17-24(44-35)38-21-15-9-7-13-19(21)25-27-28(33(41)36-32(27)40)26-20-14-8-10-16-22(20)39(35)30(26)29(25)38/h4-16,23-24,31,33,41H,17H2,1-3H3,(H,36,40)/t23-,24-,31-,33?,35+/m1/s1. The first kappa shape index (κ1) is 25.8. The Balaban J connectivity index is 1.44. The van der Waals surface area contributed by atoms with Crippen LogP contribution in [0, 0.1) is 0 Å². The Bertz CT molecular complexity index is 2220. The van der Waals surface area contributed by atoms with E-state index in [1.807, 2.05) is 92.8 Å². The fourth-order valence-corrected chi connectivity index (χ4v) is 8.37. The number of rotatable bonds is 3. The molecule has 1 saturated heterocycles. The van der Waals surface area contributed by atoms with Gasteiger partial charge in [0, 0.05) is 53.3 Å². The van der Waals surface area contributed by atoms with Crippen LogP contribution in [0.25, 0.3) is 43.6 Å². The highest BCUT2D eigenvalue weighted by atomic mass is 16.6. The van der Waals surface area contributed by atoms with E-state index in [9.17, 15) is 14.7 Å². The maximum absolute atomic E-state index is 13.9. The normalized spacial score (nSPS) is 25.6. The lowest BCUT2D eigenvalue weighted by atomic mass is 9.91. The Morgan fingerprint density at radius 3 is 2.36 bits per heavy atom. The third-order valence-corrected chi connectivity index (χ3v) is 10.1. The first-order valence-corrected chi connectivity index (χ1v) is 14.9. The van der Waals surface area contributed by atoms with Gasteiger partial charge < -0.3 is 33.9 Å². The van der Waals surface area contributed by atoms with E-state index in [0.29, 0.717) is 23.1 Å². The van der Waals surface area contributed by atoms with Crippen LogP contribution >= 0.6 is 0 Å². The van der Waals surface area contributed by atoms with E-state index in [-0.39, 0.29) is 17.9 Å². The van der Waals surface area contributed by atoms with E-state index in [4.69, 9.17) is 9.47 Å². The molecule has 5 heterocycles. The lowest BCUT2D eigenvalue weighted by molar-refractivity contribution is -0.264. The molecular weight excluding hydrogens is 556 g/mol. The molecule has 1 unspecified atom stereocenters. The number of fused-ring (bicyclic) bond motifs is 13. The molecule has 1 fully saturated rings. The molecule has 0 saturated carbocycles. The second-order valence-corrected chi connectivity index (χ2v) is 12.2. The van der Waals surface area contributed by atoms with E-state index < -0.39 is 24.3 Å².